The Morgan fingerprint density at radius 3 is 2.73 bits per heavy atom. The van der Waals surface area contributed by atoms with Crippen molar-refractivity contribution < 1.29 is 4.74 Å². The molecular formula is C11H15BrN2O. The van der Waals surface area contributed by atoms with Crippen molar-refractivity contribution in [2.24, 2.45) is 0 Å². The molecule has 0 radical (unpaired) electrons. The number of anilines is 1. The summed E-state index contributed by atoms with van der Waals surface area (Å²) >= 11 is 3.62. The molecule has 1 fully saturated rings. The van der Waals surface area contributed by atoms with E-state index in [9.17, 15) is 0 Å². The van der Waals surface area contributed by atoms with Crippen molar-refractivity contribution in [1.29, 1.82) is 0 Å². The second-order valence-electron chi connectivity index (χ2n) is 3.84. The maximum atomic E-state index is 5.37. The molecule has 15 heavy (non-hydrogen) atoms. The molecule has 2 rings (SSSR count). The lowest BCUT2D eigenvalue weighted by molar-refractivity contribution is 0.108. The van der Waals surface area contributed by atoms with Crippen molar-refractivity contribution in [2.75, 3.05) is 11.0 Å². The van der Waals surface area contributed by atoms with Gasteiger partial charge in [-0.05, 0) is 31.4 Å². The summed E-state index contributed by atoms with van der Waals surface area (Å²) in [5.74, 6) is 0. The molecule has 0 aliphatic heterocycles. The van der Waals surface area contributed by atoms with E-state index in [1.807, 2.05) is 24.5 Å². The van der Waals surface area contributed by atoms with Crippen LogP contribution in [0.15, 0.2) is 24.5 Å². The van der Waals surface area contributed by atoms with Gasteiger partial charge < -0.3 is 8.66 Å². The first-order valence-corrected chi connectivity index (χ1v) is 5.90. The SMILES string of the molecule is CO[C@H]1CC[C@H](N(Br)c2ccncc2)C1. The molecule has 0 spiro atoms. The number of ether oxygens (including phenoxy) is 1. The molecule has 1 aliphatic rings. The standard InChI is InChI=1S/C11H15BrN2O/c1-15-11-3-2-10(8-11)14(12)9-4-6-13-7-5-9/h4-7,10-11H,2-3,8H2,1H3/t10-,11-/m0/s1. The Hall–Kier alpha value is -0.610. The molecule has 1 saturated carbocycles. The molecule has 0 N–H and O–H groups in total. The van der Waals surface area contributed by atoms with Gasteiger partial charge in [0, 0.05) is 41.7 Å². The summed E-state index contributed by atoms with van der Waals surface area (Å²) < 4.78 is 7.51. The van der Waals surface area contributed by atoms with Gasteiger partial charge in [-0.1, -0.05) is 0 Å². The van der Waals surface area contributed by atoms with Crippen LogP contribution in [0.1, 0.15) is 19.3 Å². The number of aromatic nitrogens is 1. The highest BCUT2D eigenvalue weighted by Gasteiger charge is 2.28. The first kappa shape index (κ1) is 10.9. The highest BCUT2D eigenvalue weighted by molar-refractivity contribution is 9.10. The van der Waals surface area contributed by atoms with Gasteiger partial charge in [0.15, 0.2) is 0 Å². The van der Waals surface area contributed by atoms with Gasteiger partial charge in [0.1, 0.15) is 0 Å². The van der Waals surface area contributed by atoms with E-state index in [1.165, 1.54) is 6.42 Å². The van der Waals surface area contributed by atoms with E-state index in [2.05, 4.69) is 25.1 Å². The van der Waals surface area contributed by atoms with Gasteiger partial charge in [-0.15, -0.1) is 0 Å². The minimum atomic E-state index is 0.414. The Kier molecular flexibility index (Phi) is 3.59. The third-order valence-electron chi connectivity index (χ3n) is 2.92. The zero-order chi connectivity index (χ0) is 10.7. The smallest absolute Gasteiger partial charge is 0.0592 e. The number of methoxy groups -OCH3 is 1. The number of rotatable bonds is 3. The van der Waals surface area contributed by atoms with Crippen molar-refractivity contribution in [3.05, 3.63) is 24.5 Å². The predicted octanol–water partition coefficient (Wildman–Crippen LogP) is 2.77. The van der Waals surface area contributed by atoms with Crippen LogP contribution >= 0.6 is 16.1 Å². The first-order valence-electron chi connectivity index (χ1n) is 5.19. The number of hydrogen-bond donors (Lipinski definition) is 0. The summed E-state index contributed by atoms with van der Waals surface area (Å²) in [6.45, 7) is 0. The average molecular weight is 271 g/mol. The third kappa shape index (κ3) is 2.49. The number of nitrogens with zero attached hydrogens (tertiary/aromatic N) is 2. The van der Waals surface area contributed by atoms with E-state index in [1.54, 1.807) is 7.11 Å². The molecule has 4 heteroatoms. The zero-order valence-electron chi connectivity index (χ0n) is 8.77. The van der Waals surface area contributed by atoms with Crippen molar-refractivity contribution in [2.45, 2.75) is 31.4 Å². The summed E-state index contributed by atoms with van der Waals surface area (Å²) in [5.41, 5.74) is 1.16. The molecule has 3 nitrogen and oxygen atoms in total. The third-order valence-corrected chi connectivity index (χ3v) is 3.91. The van der Waals surface area contributed by atoms with E-state index in [0.29, 0.717) is 12.1 Å². The van der Waals surface area contributed by atoms with Gasteiger partial charge in [-0.2, -0.15) is 0 Å². The molecule has 1 heterocycles. The van der Waals surface area contributed by atoms with Crippen LogP contribution in [0.3, 0.4) is 0 Å². The summed E-state index contributed by atoms with van der Waals surface area (Å²) in [5, 5.41) is 0. The van der Waals surface area contributed by atoms with Gasteiger partial charge in [0.2, 0.25) is 0 Å². The van der Waals surface area contributed by atoms with E-state index >= 15 is 0 Å². The summed E-state index contributed by atoms with van der Waals surface area (Å²) in [4.78, 5) is 4.01. The lowest BCUT2D eigenvalue weighted by Gasteiger charge is -2.23. The van der Waals surface area contributed by atoms with E-state index < -0.39 is 0 Å². The highest BCUT2D eigenvalue weighted by Crippen LogP contribution is 2.31. The van der Waals surface area contributed by atoms with Crippen molar-refractivity contribution >= 4 is 21.8 Å². The normalized spacial score (nSPS) is 25.5. The predicted molar refractivity (Wildman–Crippen MR) is 64.1 cm³/mol. The van der Waals surface area contributed by atoms with Crippen LogP contribution in [0.5, 0.6) is 0 Å². The minimum Gasteiger partial charge on any atom is -0.381 e. The Balaban J connectivity index is 2.00. The quantitative estimate of drug-likeness (QED) is 0.790. The Bertz CT molecular complexity index is 307. The van der Waals surface area contributed by atoms with Gasteiger partial charge in [0.05, 0.1) is 11.8 Å². The first-order chi connectivity index (χ1) is 7.31. The minimum absolute atomic E-state index is 0.414. The Morgan fingerprint density at radius 1 is 1.40 bits per heavy atom. The number of halogens is 1. The second-order valence-corrected chi connectivity index (χ2v) is 4.61. The van der Waals surface area contributed by atoms with Gasteiger partial charge in [0.25, 0.3) is 0 Å². The molecule has 0 aromatic carbocycles. The number of pyridine rings is 1. The van der Waals surface area contributed by atoms with E-state index in [0.717, 1.165) is 18.5 Å². The van der Waals surface area contributed by atoms with Gasteiger partial charge in [-0.3, -0.25) is 4.98 Å². The van der Waals surface area contributed by atoms with Crippen LogP contribution in [0.2, 0.25) is 0 Å². The molecule has 1 aromatic rings. The maximum Gasteiger partial charge on any atom is 0.0592 e. The van der Waals surface area contributed by atoms with E-state index in [4.69, 9.17) is 4.74 Å². The lowest BCUT2D eigenvalue weighted by atomic mass is 10.2. The van der Waals surface area contributed by atoms with Gasteiger partial charge >= 0.3 is 0 Å². The molecule has 0 bridgehead atoms. The fourth-order valence-electron chi connectivity index (χ4n) is 2.03. The van der Waals surface area contributed by atoms with Crippen LogP contribution in [-0.2, 0) is 4.74 Å². The fourth-order valence-corrected chi connectivity index (χ4v) is 2.64. The van der Waals surface area contributed by atoms with Crippen LogP contribution in [-0.4, -0.2) is 24.2 Å². The van der Waals surface area contributed by atoms with Gasteiger partial charge in [-0.25, -0.2) is 0 Å². The number of hydrogen-bond acceptors (Lipinski definition) is 3. The zero-order valence-corrected chi connectivity index (χ0v) is 10.4. The Labute approximate surface area is 98.8 Å². The topological polar surface area (TPSA) is 25.4 Å². The second kappa shape index (κ2) is 4.94. The van der Waals surface area contributed by atoms with Crippen LogP contribution in [0.25, 0.3) is 0 Å². The molecule has 1 aliphatic carbocycles. The summed E-state index contributed by atoms with van der Waals surface area (Å²) in [6.07, 6.45) is 7.44. The van der Waals surface area contributed by atoms with Crippen LogP contribution in [0, 0.1) is 0 Å². The molecule has 2 atom stereocenters. The maximum absolute atomic E-state index is 5.37. The van der Waals surface area contributed by atoms with E-state index in [-0.39, 0.29) is 0 Å². The lowest BCUT2D eigenvalue weighted by Crippen LogP contribution is -2.24. The van der Waals surface area contributed by atoms with Crippen LogP contribution < -0.4 is 3.93 Å². The summed E-state index contributed by atoms with van der Waals surface area (Å²) in [6, 6.07) is 4.54. The van der Waals surface area contributed by atoms with Crippen molar-refractivity contribution in [3.63, 3.8) is 0 Å². The molecule has 0 saturated heterocycles. The molecular weight excluding hydrogens is 256 g/mol. The molecule has 82 valence electrons. The summed E-state index contributed by atoms with van der Waals surface area (Å²) in [7, 11) is 1.79. The molecule has 0 amide bonds. The van der Waals surface area contributed by atoms with Crippen molar-refractivity contribution in [1.82, 2.24) is 4.98 Å². The largest absolute Gasteiger partial charge is 0.381 e. The van der Waals surface area contributed by atoms with Crippen molar-refractivity contribution in [3.8, 4) is 0 Å². The van der Waals surface area contributed by atoms with Crippen LogP contribution in [0.4, 0.5) is 5.69 Å². The monoisotopic (exact) mass is 270 g/mol. The Morgan fingerprint density at radius 2 is 2.13 bits per heavy atom. The highest BCUT2D eigenvalue weighted by atomic mass is 79.9. The molecule has 1 aromatic heterocycles. The molecule has 0 unspecified atom stereocenters. The fraction of sp³-hybridized carbons (Fsp3) is 0.545. The average Bonchev–Trinajstić information content (AvgIpc) is 2.78.